The summed E-state index contributed by atoms with van der Waals surface area (Å²) >= 11 is 0. The first kappa shape index (κ1) is 16.0. The van der Waals surface area contributed by atoms with E-state index in [1.54, 1.807) is 4.90 Å². The molecule has 2 amide bonds. The van der Waals surface area contributed by atoms with Gasteiger partial charge < -0.3 is 25.0 Å². The zero-order valence-electron chi connectivity index (χ0n) is 12.7. The summed E-state index contributed by atoms with van der Waals surface area (Å²) in [6.45, 7) is 4.19. The van der Waals surface area contributed by atoms with E-state index >= 15 is 0 Å². The molecule has 0 spiro atoms. The van der Waals surface area contributed by atoms with Gasteiger partial charge in [-0.1, -0.05) is 0 Å². The van der Waals surface area contributed by atoms with Crippen molar-refractivity contribution in [2.75, 3.05) is 39.9 Å². The molecule has 7 nitrogen and oxygen atoms in total. The molecule has 2 N–H and O–H groups in total. The number of rotatable bonds is 7. The lowest BCUT2D eigenvalue weighted by molar-refractivity contribution is -0.142. The van der Waals surface area contributed by atoms with Crippen molar-refractivity contribution in [2.45, 2.75) is 31.8 Å². The highest BCUT2D eigenvalue weighted by atomic mass is 16.5. The van der Waals surface area contributed by atoms with Gasteiger partial charge in [0.1, 0.15) is 5.92 Å². The van der Waals surface area contributed by atoms with Crippen molar-refractivity contribution in [3.8, 4) is 0 Å². The van der Waals surface area contributed by atoms with Crippen LogP contribution in [0.1, 0.15) is 19.8 Å². The minimum Gasteiger partial charge on any atom is -0.481 e. The highest BCUT2D eigenvalue weighted by molar-refractivity contribution is 5.77. The van der Waals surface area contributed by atoms with Crippen LogP contribution in [-0.2, 0) is 9.53 Å². The number of likely N-dealkylation sites (N-methyl/N-ethyl adjacent to an activating group) is 2. The molecule has 0 bridgehead atoms. The molecule has 2 atom stereocenters. The van der Waals surface area contributed by atoms with Crippen LogP contribution < -0.4 is 5.32 Å². The van der Waals surface area contributed by atoms with Crippen molar-refractivity contribution < 1.29 is 19.4 Å². The van der Waals surface area contributed by atoms with Crippen LogP contribution in [0.3, 0.4) is 0 Å². The predicted molar refractivity (Wildman–Crippen MR) is 77.2 cm³/mol. The number of carbonyl (C=O) groups is 2. The van der Waals surface area contributed by atoms with Crippen molar-refractivity contribution in [3.05, 3.63) is 0 Å². The van der Waals surface area contributed by atoms with Crippen molar-refractivity contribution in [1.82, 2.24) is 15.1 Å². The van der Waals surface area contributed by atoms with E-state index in [1.807, 2.05) is 6.92 Å². The summed E-state index contributed by atoms with van der Waals surface area (Å²) in [4.78, 5) is 27.3. The molecule has 0 aromatic carbocycles. The second kappa shape index (κ2) is 7.09. The van der Waals surface area contributed by atoms with E-state index < -0.39 is 11.9 Å². The fraction of sp³-hybridized carbons (Fsp3) is 0.857. The maximum absolute atomic E-state index is 12.2. The number of aliphatic carboxylic acids is 1. The first-order chi connectivity index (χ1) is 10.0. The lowest BCUT2D eigenvalue weighted by Gasteiger charge is -2.29. The smallest absolute Gasteiger partial charge is 0.317 e. The van der Waals surface area contributed by atoms with E-state index in [0.29, 0.717) is 25.7 Å². The lowest BCUT2D eigenvalue weighted by Crippen LogP contribution is -2.51. The standard InChI is InChI=1S/C14H25N3O4/c1-3-17(12-9-21-8-11(12)13(18)19)14(20)15-6-7-16(2)10-4-5-10/h10-12H,3-9H2,1-2H3,(H,15,20)(H,18,19). The third kappa shape index (κ3) is 4.07. The molecule has 0 aromatic rings. The van der Waals surface area contributed by atoms with Crippen molar-refractivity contribution in [3.63, 3.8) is 0 Å². The number of carboxylic acid groups (broad SMARTS) is 1. The SMILES string of the molecule is CCN(C(=O)NCCN(C)C1CC1)C1COCC1C(=O)O. The van der Waals surface area contributed by atoms with Gasteiger partial charge in [-0.25, -0.2) is 4.79 Å². The Kier molecular flexibility index (Phi) is 5.41. The van der Waals surface area contributed by atoms with E-state index in [9.17, 15) is 14.7 Å². The average molecular weight is 299 g/mol. The topological polar surface area (TPSA) is 82.1 Å². The Morgan fingerprint density at radius 1 is 1.33 bits per heavy atom. The van der Waals surface area contributed by atoms with E-state index in [2.05, 4.69) is 17.3 Å². The van der Waals surface area contributed by atoms with E-state index in [1.165, 1.54) is 12.8 Å². The molecule has 120 valence electrons. The molecular formula is C14H25N3O4. The van der Waals surface area contributed by atoms with Gasteiger partial charge in [-0.3, -0.25) is 4.79 Å². The Morgan fingerprint density at radius 2 is 2.05 bits per heavy atom. The van der Waals surface area contributed by atoms with Gasteiger partial charge in [0.25, 0.3) is 0 Å². The Hall–Kier alpha value is -1.34. The van der Waals surface area contributed by atoms with Crippen LogP contribution in [-0.4, -0.2) is 78.9 Å². The largest absolute Gasteiger partial charge is 0.481 e. The van der Waals surface area contributed by atoms with Crippen LogP contribution in [0, 0.1) is 5.92 Å². The fourth-order valence-electron chi connectivity index (χ4n) is 2.75. The molecule has 0 radical (unpaired) electrons. The Bertz CT molecular complexity index is 386. The maximum Gasteiger partial charge on any atom is 0.317 e. The molecule has 2 fully saturated rings. The second-order valence-electron chi connectivity index (χ2n) is 5.78. The summed E-state index contributed by atoms with van der Waals surface area (Å²) in [6, 6.07) is 0.0842. The van der Waals surface area contributed by atoms with E-state index in [0.717, 1.165) is 6.54 Å². The molecule has 1 saturated carbocycles. The van der Waals surface area contributed by atoms with E-state index in [-0.39, 0.29) is 18.7 Å². The molecule has 1 saturated heterocycles. The number of nitrogens with one attached hydrogen (secondary N) is 1. The molecular weight excluding hydrogens is 274 g/mol. The number of amides is 2. The van der Waals surface area contributed by atoms with Crippen molar-refractivity contribution in [1.29, 1.82) is 0 Å². The Labute approximate surface area is 125 Å². The molecule has 7 heteroatoms. The molecule has 1 aliphatic carbocycles. The highest BCUT2D eigenvalue weighted by Gasteiger charge is 2.39. The minimum absolute atomic E-state index is 0.175. The van der Waals surface area contributed by atoms with Gasteiger partial charge >= 0.3 is 12.0 Å². The van der Waals surface area contributed by atoms with Gasteiger partial charge in [-0.2, -0.15) is 0 Å². The molecule has 2 unspecified atom stereocenters. The number of urea groups is 1. The van der Waals surface area contributed by atoms with Gasteiger partial charge in [0.05, 0.1) is 19.3 Å². The summed E-state index contributed by atoms with van der Waals surface area (Å²) in [6.07, 6.45) is 2.48. The summed E-state index contributed by atoms with van der Waals surface area (Å²) in [5.41, 5.74) is 0. The number of carbonyl (C=O) groups excluding carboxylic acids is 1. The van der Waals surface area contributed by atoms with Gasteiger partial charge in [0.2, 0.25) is 0 Å². The molecule has 2 aliphatic rings. The predicted octanol–water partition coefficient (Wildman–Crippen LogP) is 0.212. The van der Waals surface area contributed by atoms with Gasteiger partial charge in [-0.15, -0.1) is 0 Å². The summed E-state index contributed by atoms with van der Waals surface area (Å²) in [7, 11) is 2.06. The van der Waals surface area contributed by atoms with Crippen LogP contribution in [0.25, 0.3) is 0 Å². The lowest BCUT2D eigenvalue weighted by atomic mass is 10.0. The Balaban J connectivity index is 1.81. The molecule has 1 heterocycles. The van der Waals surface area contributed by atoms with Gasteiger partial charge in [0, 0.05) is 25.7 Å². The second-order valence-corrected chi connectivity index (χ2v) is 5.78. The highest BCUT2D eigenvalue weighted by Crippen LogP contribution is 2.24. The summed E-state index contributed by atoms with van der Waals surface area (Å²) in [5, 5.41) is 12.1. The number of nitrogens with zero attached hydrogens (tertiary/aromatic N) is 2. The first-order valence-electron chi connectivity index (χ1n) is 7.59. The quantitative estimate of drug-likeness (QED) is 0.702. The normalized spacial score (nSPS) is 25.1. The average Bonchev–Trinajstić information content (AvgIpc) is 3.18. The third-order valence-corrected chi connectivity index (χ3v) is 4.28. The number of ether oxygens (including phenoxy) is 1. The summed E-state index contributed by atoms with van der Waals surface area (Å²) in [5.74, 6) is -1.54. The van der Waals surface area contributed by atoms with Crippen molar-refractivity contribution in [2.24, 2.45) is 5.92 Å². The first-order valence-corrected chi connectivity index (χ1v) is 7.59. The fourth-order valence-corrected chi connectivity index (χ4v) is 2.75. The molecule has 2 rings (SSSR count). The molecule has 1 aliphatic heterocycles. The summed E-state index contributed by atoms with van der Waals surface area (Å²) < 4.78 is 5.24. The van der Waals surface area contributed by atoms with Crippen molar-refractivity contribution >= 4 is 12.0 Å². The van der Waals surface area contributed by atoms with Gasteiger partial charge in [-0.05, 0) is 26.8 Å². The maximum atomic E-state index is 12.2. The third-order valence-electron chi connectivity index (χ3n) is 4.28. The Morgan fingerprint density at radius 3 is 2.62 bits per heavy atom. The van der Waals surface area contributed by atoms with Crippen LogP contribution >= 0.6 is 0 Å². The van der Waals surface area contributed by atoms with Crippen LogP contribution in [0.5, 0.6) is 0 Å². The number of hydrogen-bond acceptors (Lipinski definition) is 4. The molecule has 0 aromatic heterocycles. The zero-order chi connectivity index (χ0) is 15.4. The van der Waals surface area contributed by atoms with Crippen LogP contribution in [0.15, 0.2) is 0 Å². The monoisotopic (exact) mass is 299 g/mol. The van der Waals surface area contributed by atoms with E-state index in [4.69, 9.17) is 4.74 Å². The van der Waals surface area contributed by atoms with Gasteiger partial charge in [0.15, 0.2) is 0 Å². The number of hydrogen-bond donors (Lipinski definition) is 2. The van der Waals surface area contributed by atoms with Crippen LogP contribution in [0.4, 0.5) is 4.79 Å². The molecule has 21 heavy (non-hydrogen) atoms. The number of carboxylic acids is 1. The minimum atomic E-state index is -0.905. The zero-order valence-corrected chi connectivity index (χ0v) is 12.7. The van der Waals surface area contributed by atoms with Crippen LogP contribution in [0.2, 0.25) is 0 Å².